The van der Waals surface area contributed by atoms with Gasteiger partial charge in [0.1, 0.15) is 5.25 Å². The standard InChI is InChI=1S/C17H21ClN4O2S/c1-4-5-11(3)21-22-17-20-16(24)14(25-17)9-15(23)19-13-7-6-12(18)8-10(13)2/h6-8,14H,4-5,9H2,1-3H3,(H,19,23)(H,20,22,24)/b21-11-/t14-/m0/s1. The zero-order chi connectivity index (χ0) is 18.4. The topological polar surface area (TPSA) is 82.9 Å². The van der Waals surface area contributed by atoms with Gasteiger partial charge < -0.3 is 10.6 Å². The number of thioether (sulfide) groups is 1. The van der Waals surface area contributed by atoms with Gasteiger partial charge in [0.15, 0.2) is 5.17 Å². The van der Waals surface area contributed by atoms with Crippen LogP contribution in [0.2, 0.25) is 5.02 Å². The van der Waals surface area contributed by atoms with Crippen molar-refractivity contribution in [1.82, 2.24) is 5.32 Å². The molecule has 1 fully saturated rings. The fourth-order valence-corrected chi connectivity index (χ4v) is 3.41. The van der Waals surface area contributed by atoms with Crippen molar-refractivity contribution >= 4 is 51.7 Å². The van der Waals surface area contributed by atoms with E-state index in [1.165, 1.54) is 11.8 Å². The number of carbonyl (C=O) groups is 2. The van der Waals surface area contributed by atoms with Crippen LogP contribution in [0.25, 0.3) is 0 Å². The normalized spacial score (nSPS) is 19.2. The predicted octanol–water partition coefficient (Wildman–Crippen LogP) is 3.74. The monoisotopic (exact) mass is 380 g/mol. The summed E-state index contributed by atoms with van der Waals surface area (Å²) < 4.78 is 0. The van der Waals surface area contributed by atoms with E-state index in [9.17, 15) is 9.59 Å². The molecule has 1 aromatic carbocycles. The van der Waals surface area contributed by atoms with Crippen LogP contribution < -0.4 is 10.6 Å². The Hall–Kier alpha value is -1.86. The molecule has 2 rings (SSSR count). The Balaban J connectivity index is 1.94. The van der Waals surface area contributed by atoms with Gasteiger partial charge in [-0.2, -0.15) is 5.10 Å². The summed E-state index contributed by atoms with van der Waals surface area (Å²) in [6.45, 7) is 5.82. The van der Waals surface area contributed by atoms with E-state index < -0.39 is 5.25 Å². The van der Waals surface area contributed by atoms with Crippen LogP contribution in [0.5, 0.6) is 0 Å². The predicted molar refractivity (Wildman–Crippen MR) is 104 cm³/mol. The number of carbonyl (C=O) groups excluding carboxylic acids is 2. The number of nitrogens with one attached hydrogen (secondary N) is 2. The third kappa shape index (κ3) is 5.86. The fraction of sp³-hybridized carbons (Fsp3) is 0.412. The fourth-order valence-electron chi connectivity index (χ4n) is 2.27. The van der Waals surface area contributed by atoms with Crippen LogP contribution in [0, 0.1) is 6.92 Å². The molecule has 0 unspecified atom stereocenters. The number of hydrogen-bond acceptors (Lipinski definition) is 5. The van der Waals surface area contributed by atoms with E-state index in [2.05, 4.69) is 27.8 Å². The second-order valence-electron chi connectivity index (χ2n) is 5.80. The van der Waals surface area contributed by atoms with Gasteiger partial charge in [-0.1, -0.05) is 36.7 Å². The molecule has 134 valence electrons. The maximum Gasteiger partial charge on any atom is 0.240 e. The molecule has 8 heteroatoms. The number of hydrogen-bond donors (Lipinski definition) is 2. The maximum absolute atomic E-state index is 12.2. The smallest absolute Gasteiger partial charge is 0.240 e. The van der Waals surface area contributed by atoms with E-state index in [1.54, 1.807) is 18.2 Å². The molecule has 2 N–H and O–H groups in total. The quantitative estimate of drug-likeness (QED) is 0.582. The van der Waals surface area contributed by atoms with Crippen LogP contribution in [0.15, 0.2) is 28.4 Å². The van der Waals surface area contributed by atoms with Crippen LogP contribution in [0.3, 0.4) is 0 Å². The van der Waals surface area contributed by atoms with Gasteiger partial charge in [0.05, 0.1) is 0 Å². The molecule has 0 radical (unpaired) electrons. The Morgan fingerprint density at radius 2 is 2.20 bits per heavy atom. The lowest BCUT2D eigenvalue weighted by molar-refractivity contribution is -0.122. The van der Waals surface area contributed by atoms with E-state index >= 15 is 0 Å². The minimum Gasteiger partial charge on any atom is -0.326 e. The first-order valence-corrected chi connectivity index (χ1v) is 9.29. The lowest BCUT2D eigenvalue weighted by Crippen LogP contribution is -2.28. The highest BCUT2D eigenvalue weighted by Crippen LogP contribution is 2.24. The van der Waals surface area contributed by atoms with Gasteiger partial charge in [-0.15, -0.1) is 5.10 Å². The Morgan fingerprint density at radius 1 is 1.44 bits per heavy atom. The average Bonchev–Trinajstić information content (AvgIpc) is 2.88. The summed E-state index contributed by atoms with van der Waals surface area (Å²) in [6, 6.07) is 5.23. The number of amides is 2. The Morgan fingerprint density at radius 3 is 2.88 bits per heavy atom. The molecule has 2 amide bonds. The van der Waals surface area contributed by atoms with Gasteiger partial charge in [0.2, 0.25) is 11.8 Å². The van der Waals surface area contributed by atoms with Gasteiger partial charge in [0, 0.05) is 22.8 Å². The third-order valence-electron chi connectivity index (χ3n) is 3.53. The molecule has 0 saturated carbocycles. The molecule has 1 aliphatic rings. The molecule has 0 aromatic heterocycles. The van der Waals surface area contributed by atoms with Crippen LogP contribution in [-0.2, 0) is 9.59 Å². The first kappa shape index (κ1) is 19.5. The first-order chi connectivity index (χ1) is 11.9. The molecule has 6 nitrogen and oxygen atoms in total. The molecule has 1 saturated heterocycles. The van der Waals surface area contributed by atoms with Gasteiger partial charge in [-0.3, -0.25) is 9.59 Å². The molecular formula is C17H21ClN4O2S. The van der Waals surface area contributed by atoms with Crippen LogP contribution in [0.4, 0.5) is 5.69 Å². The summed E-state index contributed by atoms with van der Waals surface area (Å²) in [7, 11) is 0. The minimum absolute atomic E-state index is 0.0647. The Bertz CT molecular complexity index is 733. The van der Waals surface area contributed by atoms with Gasteiger partial charge >= 0.3 is 0 Å². The third-order valence-corrected chi connectivity index (χ3v) is 4.84. The van der Waals surface area contributed by atoms with Crippen molar-refractivity contribution in [3.8, 4) is 0 Å². The summed E-state index contributed by atoms with van der Waals surface area (Å²) in [4.78, 5) is 24.2. The van der Waals surface area contributed by atoms with E-state index in [4.69, 9.17) is 11.6 Å². The number of rotatable bonds is 6. The second kappa shape index (κ2) is 9.01. The van der Waals surface area contributed by atoms with Gasteiger partial charge in [-0.05, 0) is 44.0 Å². The Kier molecular flexibility index (Phi) is 7.01. The van der Waals surface area contributed by atoms with Gasteiger partial charge in [-0.25, -0.2) is 0 Å². The summed E-state index contributed by atoms with van der Waals surface area (Å²) >= 11 is 7.13. The minimum atomic E-state index is -0.506. The largest absolute Gasteiger partial charge is 0.326 e. The molecule has 0 aliphatic carbocycles. The van der Waals surface area contributed by atoms with E-state index in [0.717, 1.165) is 24.1 Å². The summed E-state index contributed by atoms with van der Waals surface area (Å²) in [5.74, 6) is -0.458. The number of nitrogens with zero attached hydrogens (tertiary/aromatic N) is 2. The van der Waals surface area contributed by atoms with Crippen molar-refractivity contribution in [2.45, 2.75) is 45.3 Å². The van der Waals surface area contributed by atoms with Crippen LogP contribution >= 0.6 is 23.4 Å². The highest BCUT2D eigenvalue weighted by atomic mass is 35.5. The molecule has 0 bridgehead atoms. The number of benzene rings is 1. The second-order valence-corrected chi connectivity index (χ2v) is 7.43. The number of anilines is 1. The summed E-state index contributed by atoms with van der Waals surface area (Å²) in [5, 5.41) is 14.1. The van der Waals surface area contributed by atoms with Gasteiger partial charge in [0.25, 0.3) is 0 Å². The zero-order valence-electron chi connectivity index (χ0n) is 14.4. The molecular weight excluding hydrogens is 360 g/mol. The Labute approximate surface area is 156 Å². The molecule has 1 atom stereocenters. The number of amidine groups is 1. The highest BCUT2D eigenvalue weighted by Gasteiger charge is 2.32. The van der Waals surface area contributed by atoms with Crippen molar-refractivity contribution < 1.29 is 9.59 Å². The molecule has 25 heavy (non-hydrogen) atoms. The lowest BCUT2D eigenvalue weighted by Gasteiger charge is -2.10. The first-order valence-electron chi connectivity index (χ1n) is 8.03. The van der Waals surface area contributed by atoms with Crippen molar-refractivity contribution in [2.75, 3.05) is 5.32 Å². The highest BCUT2D eigenvalue weighted by molar-refractivity contribution is 8.15. The number of aryl methyl sites for hydroxylation is 1. The van der Waals surface area contributed by atoms with E-state index in [1.807, 2.05) is 13.8 Å². The van der Waals surface area contributed by atoms with E-state index in [0.29, 0.717) is 15.9 Å². The van der Waals surface area contributed by atoms with Crippen molar-refractivity contribution in [3.63, 3.8) is 0 Å². The summed E-state index contributed by atoms with van der Waals surface area (Å²) in [5.41, 5.74) is 2.46. The summed E-state index contributed by atoms with van der Waals surface area (Å²) in [6.07, 6.45) is 1.92. The van der Waals surface area contributed by atoms with E-state index in [-0.39, 0.29) is 18.2 Å². The number of halogens is 1. The molecule has 1 heterocycles. The average molecular weight is 381 g/mol. The molecule has 0 spiro atoms. The zero-order valence-corrected chi connectivity index (χ0v) is 16.0. The van der Waals surface area contributed by atoms with Crippen LogP contribution in [0.1, 0.15) is 38.7 Å². The van der Waals surface area contributed by atoms with Crippen molar-refractivity contribution in [1.29, 1.82) is 0 Å². The maximum atomic E-state index is 12.2. The SMILES string of the molecule is CCC/C(C)=N\N=C1/NC(=O)[C@H](CC(=O)Nc2ccc(Cl)cc2C)S1. The van der Waals surface area contributed by atoms with Crippen molar-refractivity contribution in [3.05, 3.63) is 28.8 Å². The van der Waals surface area contributed by atoms with Crippen molar-refractivity contribution in [2.24, 2.45) is 10.2 Å². The molecule has 1 aromatic rings. The van der Waals surface area contributed by atoms with Crippen LogP contribution in [-0.4, -0.2) is 27.9 Å². The lowest BCUT2D eigenvalue weighted by atomic mass is 10.2. The molecule has 1 aliphatic heterocycles.